The largest absolute Gasteiger partial charge is 0.370 e. The Hall–Kier alpha value is -1.15. The number of aliphatic imine (C=N–C) groups is 1. The Labute approximate surface area is 153 Å². The van der Waals surface area contributed by atoms with Crippen molar-refractivity contribution in [1.29, 1.82) is 0 Å². The molecule has 1 aromatic heterocycles. The van der Waals surface area contributed by atoms with Gasteiger partial charge in [-0.15, -0.1) is 35.3 Å². The standard InChI is InChI=1S/C16H22N4S.HI/c1-12(2)19-16(17)18-10-14-11-21-15(20-14)9-8-13-6-4-3-5-7-13;/h3-7,11-12H,8-10H2,1-2H3,(H3,17,18,19);1H. The number of aromatic nitrogens is 1. The van der Waals surface area contributed by atoms with Gasteiger partial charge in [0.05, 0.1) is 17.2 Å². The van der Waals surface area contributed by atoms with Crippen molar-refractivity contribution in [2.75, 3.05) is 0 Å². The van der Waals surface area contributed by atoms with E-state index in [9.17, 15) is 0 Å². The summed E-state index contributed by atoms with van der Waals surface area (Å²) >= 11 is 1.69. The monoisotopic (exact) mass is 430 g/mol. The number of guanidine groups is 1. The number of nitrogens with two attached hydrogens (primary N) is 1. The summed E-state index contributed by atoms with van der Waals surface area (Å²) in [6.45, 7) is 4.60. The highest BCUT2D eigenvalue weighted by Crippen LogP contribution is 2.13. The Kier molecular flexibility index (Phi) is 8.40. The van der Waals surface area contributed by atoms with Crippen LogP contribution in [0.5, 0.6) is 0 Å². The summed E-state index contributed by atoms with van der Waals surface area (Å²) in [6, 6.07) is 10.8. The fraction of sp³-hybridized carbons (Fsp3) is 0.375. The molecule has 0 bridgehead atoms. The highest BCUT2D eigenvalue weighted by molar-refractivity contribution is 14.0. The van der Waals surface area contributed by atoms with E-state index in [4.69, 9.17) is 5.73 Å². The molecule has 1 heterocycles. The molecule has 0 saturated carbocycles. The van der Waals surface area contributed by atoms with Crippen LogP contribution in [0.4, 0.5) is 0 Å². The molecule has 22 heavy (non-hydrogen) atoms. The van der Waals surface area contributed by atoms with Crippen LogP contribution in [0, 0.1) is 0 Å². The van der Waals surface area contributed by atoms with Gasteiger partial charge in [-0.25, -0.2) is 9.98 Å². The predicted molar refractivity (Wildman–Crippen MR) is 105 cm³/mol. The van der Waals surface area contributed by atoms with Crippen molar-refractivity contribution >= 4 is 41.3 Å². The highest BCUT2D eigenvalue weighted by atomic mass is 127. The molecule has 2 rings (SSSR count). The maximum Gasteiger partial charge on any atom is 0.189 e. The molecule has 3 N–H and O–H groups in total. The van der Waals surface area contributed by atoms with Crippen LogP contribution in [0.3, 0.4) is 0 Å². The first kappa shape index (κ1) is 18.9. The number of rotatable bonds is 6. The lowest BCUT2D eigenvalue weighted by Gasteiger charge is -2.07. The van der Waals surface area contributed by atoms with Crippen molar-refractivity contribution in [3.63, 3.8) is 0 Å². The zero-order valence-corrected chi connectivity index (χ0v) is 16.1. The number of halogens is 1. The Balaban J connectivity index is 0.00000242. The van der Waals surface area contributed by atoms with Gasteiger partial charge < -0.3 is 11.1 Å². The van der Waals surface area contributed by atoms with E-state index in [1.54, 1.807) is 11.3 Å². The van der Waals surface area contributed by atoms with Gasteiger partial charge in [-0.2, -0.15) is 0 Å². The molecule has 0 amide bonds. The molecule has 6 heteroatoms. The zero-order valence-electron chi connectivity index (χ0n) is 13.0. The van der Waals surface area contributed by atoms with Crippen LogP contribution in [-0.4, -0.2) is 17.0 Å². The summed E-state index contributed by atoms with van der Waals surface area (Å²) in [5.41, 5.74) is 8.11. The number of hydrogen-bond donors (Lipinski definition) is 2. The van der Waals surface area contributed by atoms with Gasteiger partial charge in [-0.3, -0.25) is 0 Å². The molecule has 0 saturated heterocycles. The van der Waals surface area contributed by atoms with E-state index in [0.29, 0.717) is 18.5 Å². The summed E-state index contributed by atoms with van der Waals surface area (Å²) in [5.74, 6) is 0.476. The lowest BCUT2D eigenvalue weighted by atomic mass is 10.1. The van der Waals surface area contributed by atoms with E-state index in [1.165, 1.54) is 5.56 Å². The van der Waals surface area contributed by atoms with E-state index in [1.807, 2.05) is 19.9 Å². The highest BCUT2D eigenvalue weighted by Gasteiger charge is 2.03. The Bertz CT molecular complexity index is 581. The summed E-state index contributed by atoms with van der Waals surface area (Å²) in [4.78, 5) is 8.90. The lowest BCUT2D eigenvalue weighted by molar-refractivity contribution is 0.723. The van der Waals surface area contributed by atoms with Crippen LogP contribution in [0.2, 0.25) is 0 Å². The molecule has 4 nitrogen and oxygen atoms in total. The van der Waals surface area contributed by atoms with Gasteiger partial charge >= 0.3 is 0 Å². The van der Waals surface area contributed by atoms with Crippen LogP contribution in [0.1, 0.15) is 30.1 Å². The number of thiazole rings is 1. The number of aryl methyl sites for hydroxylation is 2. The second-order valence-corrected chi connectivity index (χ2v) is 6.16. The first-order chi connectivity index (χ1) is 10.1. The van der Waals surface area contributed by atoms with Crippen LogP contribution >= 0.6 is 35.3 Å². The minimum Gasteiger partial charge on any atom is -0.370 e. The van der Waals surface area contributed by atoms with Gasteiger partial charge in [0.1, 0.15) is 0 Å². The van der Waals surface area contributed by atoms with Crippen molar-refractivity contribution in [3.05, 3.63) is 52.0 Å². The molecule has 0 atom stereocenters. The molecule has 1 aromatic carbocycles. The van der Waals surface area contributed by atoms with Gasteiger partial charge in [-0.1, -0.05) is 30.3 Å². The van der Waals surface area contributed by atoms with Gasteiger partial charge in [0.25, 0.3) is 0 Å². The van der Waals surface area contributed by atoms with Crippen LogP contribution in [0.15, 0.2) is 40.7 Å². The minimum absolute atomic E-state index is 0. The molecular weight excluding hydrogens is 407 g/mol. The molecule has 0 aliphatic heterocycles. The topological polar surface area (TPSA) is 63.3 Å². The van der Waals surface area contributed by atoms with Gasteiger partial charge in [0.2, 0.25) is 0 Å². The van der Waals surface area contributed by atoms with Crippen LogP contribution in [0.25, 0.3) is 0 Å². The van der Waals surface area contributed by atoms with Crippen molar-refractivity contribution in [3.8, 4) is 0 Å². The smallest absolute Gasteiger partial charge is 0.189 e. The average molecular weight is 430 g/mol. The van der Waals surface area contributed by atoms with Crippen LogP contribution in [-0.2, 0) is 19.4 Å². The third-order valence-electron chi connectivity index (χ3n) is 2.92. The van der Waals surface area contributed by atoms with Crippen molar-refractivity contribution in [2.24, 2.45) is 10.7 Å². The maximum absolute atomic E-state index is 5.78. The first-order valence-corrected chi connectivity index (χ1v) is 8.05. The van der Waals surface area contributed by atoms with Crippen molar-refractivity contribution in [1.82, 2.24) is 10.3 Å². The first-order valence-electron chi connectivity index (χ1n) is 7.17. The molecule has 0 aliphatic rings. The average Bonchev–Trinajstić information content (AvgIpc) is 2.91. The normalized spacial score (nSPS) is 11.3. The second kappa shape index (κ2) is 9.78. The molecule has 2 aromatic rings. The quantitative estimate of drug-likeness (QED) is 0.420. The second-order valence-electron chi connectivity index (χ2n) is 5.22. The molecule has 120 valence electrons. The van der Waals surface area contributed by atoms with E-state index in [-0.39, 0.29) is 24.0 Å². The number of nitrogens with one attached hydrogen (secondary N) is 1. The maximum atomic E-state index is 5.78. The van der Waals surface area contributed by atoms with Gasteiger partial charge in [0.15, 0.2) is 5.96 Å². The number of hydrogen-bond acceptors (Lipinski definition) is 3. The molecule has 0 fully saturated rings. The van der Waals surface area contributed by atoms with E-state index >= 15 is 0 Å². The lowest BCUT2D eigenvalue weighted by Crippen LogP contribution is -2.36. The summed E-state index contributed by atoms with van der Waals surface area (Å²) in [5, 5.41) is 6.28. The number of benzene rings is 1. The fourth-order valence-corrected chi connectivity index (χ4v) is 2.73. The SMILES string of the molecule is CC(C)NC(N)=NCc1csc(CCc2ccccc2)n1.I. The van der Waals surface area contributed by atoms with Crippen molar-refractivity contribution in [2.45, 2.75) is 39.3 Å². The van der Waals surface area contributed by atoms with E-state index in [0.717, 1.165) is 23.5 Å². The molecular formula is C16H23IN4S. The minimum atomic E-state index is 0. The zero-order chi connectivity index (χ0) is 15.1. The van der Waals surface area contributed by atoms with E-state index in [2.05, 4.69) is 44.9 Å². The van der Waals surface area contributed by atoms with Crippen LogP contribution < -0.4 is 11.1 Å². The van der Waals surface area contributed by atoms with Gasteiger partial charge in [-0.05, 0) is 25.8 Å². The molecule has 0 radical (unpaired) electrons. The molecule has 0 aliphatic carbocycles. The Morgan fingerprint density at radius 3 is 2.68 bits per heavy atom. The summed E-state index contributed by atoms with van der Waals surface area (Å²) in [6.07, 6.45) is 1.99. The summed E-state index contributed by atoms with van der Waals surface area (Å²) < 4.78 is 0. The van der Waals surface area contributed by atoms with Crippen molar-refractivity contribution < 1.29 is 0 Å². The van der Waals surface area contributed by atoms with Gasteiger partial charge in [0, 0.05) is 17.8 Å². The summed E-state index contributed by atoms with van der Waals surface area (Å²) in [7, 11) is 0. The third-order valence-corrected chi connectivity index (χ3v) is 3.88. The third kappa shape index (κ3) is 6.74. The number of nitrogens with zero attached hydrogens (tertiary/aromatic N) is 2. The fourth-order valence-electron chi connectivity index (χ4n) is 1.94. The molecule has 0 unspecified atom stereocenters. The Morgan fingerprint density at radius 1 is 1.27 bits per heavy atom. The molecule has 0 spiro atoms. The predicted octanol–water partition coefficient (Wildman–Crippen LogP) is 3.36. The van der Waals surface area contributed by atoms with E-state index < -0.39 is 0 Å². The Morgan fingerprint density at radius 2 is 2.00 bits per heavy atom.